The van der Waals surface area contributed by atoms with E-state index in [0.717, 1.165) is 31.2 Å². The molecule has 1 amide bonds. The zero-order chi connectivity index (χ0) is 14.8. The fourth-order valence-electron chi connectivity index (χ4n) is 2.81. The van der Waals surface area contributed by atoms with Crippen molar-refractivity contribution < 1.29 is 9.59 Å². The highest BCUT2D eigenvalue weighted by molar-refractivity contribution is 6.45. The third kappa shape index (κ3) is 2.81. The van der Waals surface area contributed by atoms with E-state index >= 15 is 0 Å². The largest absolute Gasteiger partial charge is 0.360 e. The standard InChI is InChI=1S/C16H17ClN2O2/c17-11-5-6-14-12(9-11)13(10-18-14)15(20)16(21)19-7-3-1-2-4-8-19/h5-6,9-10,18H,1-4,7-8H2. The minimum atomic E-state index is -0.453. The molecule has 1 aliphatic heterocycles. The lowest BCUT2D eigenvalue weighted by Gasteiger charge is -2.18. The van der Waals surface area contributed by atoms with Gasteiger partial charge in [0.1, 0.15) is 0 Å². The SMILES string of the molecule is O=C(C(=O)N1CCCCCC1)c1c[nH]c2ccc(Cl)cc12. The molecule has 0 saturated carbocycles. The van der Waals surface area contributed by atoms with Crippen LogP contribution in [0.2, 0.25) is 5.02 Å². The number of rotatable bonds is 2. The molecule has 1 fully saturated rings. The van der Waals surface area contributed by atoms with Gasteiger partial charge in [-0.25, -0.2) is 0 Å². The van der Waals surface area contributed by atoms with Crippen molar-refractivity contribution in [3.8, 4) is 0 Å². The summed E-state index contributed by atoms with van der Waals surface area (Å²) < 4.78 is 0. The van der Waals surface area contributed by atoms with Crippen LogP contribution in [-0.2, 0) is 4.79 Å². The Morgan fingerprint density at radius 2 is 1.81 bits per heavy atom. The summed E-state index contributed by atoms with van der Waals surface area (Å²) in [5.74, 6) is -0.858. The number of likely N-dealkylation sites (tertiary alicyclic amines) is 1. The molecule has 2 heterocycles. The summed E-state index contributed by atoms with van der Waals surface area (Å²) in [5.41, 5.74) is 1.22. The third-order valence-electron chi connectivity index (χ3n) is 3.98. The first-order chi connectivity index (χ1) is 10.2. The second-order valence-corrected chi connectivity index (χ2v) is 5.86. The van der Waals surface area contributed by atoms with Crippen molar-refractivity contribution in [3.05, 3.63) is 35.0 Å². The second kappa shape index (κ2) is 5.90. The molecule has 2 aromatic rings. The molecule has 3 rings (SSSR count). The quantitative estimate of drug-likeness (QED) is 0.683. The molecule has 0 atom stereocenters. The summed E-state index contributed by atoms with van der Waals surface area (Å²) in [6.45, 7) is 1.35. The summed E-state index contributed by atoms with van der Waals surface area (Å²) in [6, 6.07) is 5.28. The lowest BCUT2D eigenvalue weighted by Crippen LogP contribution is -2.37. The molecular weight excluding hydrogens is 288 g/mol. The lowest BCUT2D eigenvalue weighted by molar-refractivity contribution is -0.126. The molecule has 0 unspecified atom stereocenters. The van der Waals surface area contributed by atoms with Crippen molar-refractivity contribution in [3.63, 3.8) is 0 Å². The number of halogens is 1. The van der Waals surface area contributed by atoms with Gasteiger partial charge in [0.2, 0.25) is 0 Å². The van der Waals surface area contributed by atoms with Crippen LogP contribution in [0.15, 0.2) is 24.4 Å². The monoisotopic (exact) mass is 304 g/mol. The minimum Gasteiger partial charge on any atom is -0.360 e. The molecule has 0 radical (unpaired) electrons. The van der Waals surface area contributed by atoms with Crippen LogP contribution in [-0.4, -0.2) is 34.7 Å². The molecule has 0 aliphatic carbocycles. The zero-order valence-electron chi connectivity index (χ0n) is 11.7. The topological polar surface area (TPSA) is 53.2 Å². The number of carbonyl (C=O) groups is 2. The number of nitrogens with zero attached hydrogens (tertiary/aromatic N) is 1. The molecule has 21 heavy (non-hydrogen) atoms. The van der Waals surface area contributed by atoms with E-state index in [9.17, 15) is 9.59 Å². The minimum absolute atomic E-state index is 0.404. The van der Waals surface area contributed by atoms with Gasteiger partial charge in [-0.15, -0.1) is 0 Å². The molecular formula is C16H17ClN2O2. The van der Waals surface area contributed by atoms with Crippen LogP contribution in [0, 0.1) is 0 Å². The number of ketones is 1. The van der Waals surface area contributed by atoms with Crippen LogP contribution in [0.1, 0.15) is 36.0 Å². The smallest absolute Gasteiger partial charge is 0.295 e. The maximum Gasteiger partial charge on any atom is 0.295 e. The summed E-state index contributed by atoms with van der Waals surface area (Å²) in [6.07, 6.45) is 5.79. The highest BCUT2D eigenvalue weighted by Gasteiger charge is 2.25. The van der Waals surface area contributed by atoms with Crippen molar-refractivity contribution in [1.29, 1.82) is 0 Å². The summed E-state index contributed by atoms with van der Waals surface area (Å²) in [7, 11) is 0. The number of H-pyrrole nitrogens is 1. The van der Waals surface area contributed by atoms with Gasteiger partial charge in [0.15, 0.2) is 0 Å². The number of benzene rings is 1. The fourth-order valence-corrected chi connectivity index (χ4v) is 2.99. The van der Waals surface area contributed by atoms with Gasteiger partial charge in [-0.1, -0.05) is 24.4 Å². The second-order valence-electron chi connectivity index (χ2n) is 5.43. The van der Waals surface area contributed by atoms with Crippen LogP contribution in [0.4, 0.5) is 0 Å². The average Bonchev–Trinajstić information content (AvgIpc) is 2.72. The Labute approximate surface area is 128 Å². The molecule has 1 aliphatic rings. The number of fused-ring (bicyclic) bond motifs is 1. The van der Waals surface area contributed by atoms with Gasteiger partial charge in [-0.05, 0) is 31.0 Å². The molecule has 5 heteroatoms. The molecule has 0 bridgehead atoms. The van der Waals surface area contributed by atoms with E-state index in [0.29, 0.717) is 29.1 Å². The summed E-state index contributed by atoms with van der Waals surface area (Å²) in [4.78, 5) is 29.6. The number of amides is 1. The van der Waals surface area contributed by atoms with Gasteiger partial charge in [-0.3, -0.25) is 9.59 Å². The van der Waals surface area contributed by atoms with Crippen molar-refractivity contribution in [2.45, 2.75) is 25.7 Å². The predicted octanol–water partition coefficient (Wildman–Crippen LogP) is 3.41. The van der Waals surface area contributed by atoms with E-state index in [2.05, 4.69) is 4.98 Å². The van der Waals surface area contributed by atoms with Gasteiger partial charge in [0.25, 0.3) is 11.7 Å². The van der Waals surface area contributed by atoms with Crippen molar-refractivity contribution in [2.75, 3.05) is 13.1 Å². The first-order valence-electron chi connectivity index (χ1n) is 7.27. The molecule has 1 saturated heterocycles. The number of nitrogens with one attached hydrogen (secondary N) is 1. The molecule has 4 nitrogen and oxygen atoms in total. The van der Waals surface area contributed by atoms with E-state index in [4.69, 9.17) is 11.6 Å². The van der Waals surface area contributed by atoms with Crippen molar-refractivity contribution in [2.24, 2.45) is 0 Å². The van der Waals surface area contributed by atoms with Gasteiger partial charge < -0.3 is 9.88 Å². The van der Waals surface area contributed by atoms with Crippen molar-refractivity contribution in [1.82, 2.24) is 9.88 Å². The van der Waals surface area contributed by atoms with Crippen LogP contribution in [0.5, 0.6) is 0 Å². The van der Waals surface area contributed by atoms with Crippen molar-refractivity contribution >= 4 is 34.2 Å². The number of hydrogen-bond acceptors (Lipinski definition) is 2. The predicted molar refractivity (Wildman–Crippen MR) is 82.7 cm³/mol. The highest BCUT2D eigenvalue weighted by Crippen LogP contribution is 2.23. The Kier molecular flexibility index (Phi) is 3.97. The Hall–Kier alpha value is -1.81. The summed E-state index contributed by atoms with van der Waals surface area (Å²) >= 11 is 5.98. The number of aromatic amines is 1. The van der Waals surface area contributed by atoms with E-state index in [1.807, 2.05) is 6.07 Å². The van der Waals surface area contributed by atoms with Crippen LogP contribution in [0.3, 0.4) is 0 Å². The van der Waals surface area contributed by atoms with Crippen LogP contribution < -0.4 is 0 Å². The van der Waals surface area contributed by atoms with E-state index < -0.39 is 11.7 Å². The summed E-state index contributed by atoms with van der Waals surface area (Å²) in [5, 5.41) is 1.26. The Morgan fingerprint density at radius 1 is 1.10 bits per heavy atom. The number of aromatic nitrogens is 1. The molecule has 0 spiro atoms. The first kappa shape index (κ1) is 14.1. The number of Topliss-reactive ketones (excluding diaryl/α,β-unsaturated/α-hetero) is 1. The van der Waals surface area contributed by atoms with E-state index in [1.165, 1.54) is 0 Å². The molecule has 1 aromatic heterocycles. The van der Waals surface area contributed by atoms with Gasteiger partial charge >= 0.3 is 0 Å². The maximum absolute atomic E-state index is 12.5. The Bertz CT molecular complexity index is 685. The average molecular weight is 305 g/mol. The maximum atomic E-state index is 12.5. The van der Waals surface area contributed by atoms with Gasteiger partial charge in [-0.2, -0.15) is 0 Å². The van der Waals surface area contributed by atoms with Crippen LogP contribution in [0.25, 0.3) is 10.9 Å². The normalized spacial score (nSPS) is 16.0. The fraction of sp³-hybridized carbons (Fsp3) is 0.375. The van der Waals surface area contributed by atoms with Gasteiger partial charge in [0, 0.05) is 35.2 Å². The molecule has 110 valence electrons. The number of hydrogen-bond donors (Lipinski definition) is 1. The third-order valence-corrected chi connectivity index (χ3v) is 4.21. The Morgan fingerprint density at radius 3 is 2.52 bits per heavy atom. The Balaban J connectivity index is 1.89. The van der Waals surface area contributed by atoms with Gasteiger partial charge in [0.05, 0.1) is 5.56 Å². The van der Waals surface area contributed by atoms with Crippen LogP contribution >= 0.6 is 11.6 Å². The lowest BCUT2D eigenvalue weighted by atomic mass is 10.1. The first-order valence-corrected chi connectivity index (χ1v) is 7.65. The number of carbonyl (C=O) groups excluding carboxylic acids is 2. The van der Waals surface area contributed by atoms with E-state index in [1.54, 1.807) is 23.2 Å². The highest BCUT2D eigenvalue weighted by atomic mass is 35.5. The molecule has 1 aromatic carbocycles. The molecule has 1 N–H and O–H groups in total. The zero-order valence-corrected chi connectivity index (χ0v) is 12.4. The van der Waals surface area contributed by atoms with E-state index in [-0.39, 0.29) is 0 Å².